The second-order valence-corrected chi connectivity index (χ2v) is 5.75. The van der Waals surface area contributed by atoms with E-state index < -0.39 is 12.0 Å². The summed E-state index contributed by atoms with van der Waals surface area (Å²) >= 11 is 0. The molecule has 23 heavy (non-hydrogen) atoms. The number of benzene rings is 1. The number of carboxylic acid groups (broad SMARTS) is 1. The first kappa shape index (κ1) is 16.8. The zero-order valence-electron chi connectivity index (χ0n) is 12.8. The third kappa shape index (κ3) is 4.98. The van der Waals surface area contributed by atoms with Crippen LogP contribution in [-0.2, 0) is 11.3 Å². The Labute approximate surface area is 134 Å². The fraction of sp³-hybridized carbons (Fsp3) is 0.438. The maximum absolute atomic E-state index is 12.4. The number of rotatable bonds is 5. The first-order chi connectivity index (χ1) is 11.0. The number of urea groups is 1. The molecule has 0 bridgehead atoms. The van der Waals surface area contributed by atoms with Crippen LogP contribution in [0.4, 0.5) is 4.79 Å². The van der Waals surface area contributed by atoms with Gasteiger partial charge in [-0.05, 0) is 36.5 Å². The second-order valence-electron chi connectivity index (χ2n) is 5.75. The molecule has 1 aromatic rings. The predicted octanol–water partition coefficient (Wildman–Crippen LogP) is 1.18. The molecule has 124 valence electrons. The Morgan fingerprint density at radius 1 is 1.17 bits per heavy atom. The number of primary amides is 1. The van der Waals surface area contributed by atoms with Gasteiger partial charge in [0, 0.05) is 31.6 Å². The number of amides is 3. The highest BCUT2D eigenvalue weighted by Gasteiger charge is 2.24. The van der Waals surface area contributed by atoms with Crippen LogP contribution in [-0.4, -0.2) is 41.0 Å². The minimum Gasteiger partial charge on any atom is -0.481 e. The summed E-state index contributed by atoms with van der Waals surface area (Å²) < 4.78 is 0. The Morgan fingerprint density at radius 2 is 1.78 bits per heavy atom. The summed E-state index contributed by atoms with van der Waals surface area (Å²) in [6.45, 7) is 1.49. The van der Waals surface area contributed by atoms with Crippen molar-refractivity contribution in [3.8, 4) is 0 Å². The number of nitrogens with one attached hydrogen (secondary N) is 1. The van der Waals surface area contributed by atoms with E-state index in [0.29, 0.717) is 25.2 Å². The summed E-state index contributed by atoms with van der Waals surface area (Å²) in [4.78, 5) is 35.6. The lowest BCUT2D eigenvalue weighted by Crippen LogP contribution is -2.38. The number of carboxylic acids is 1. The number of nitrogens with two attached hydrogens (primary N) is 1. The van der Waals surface area contributed by atoms with Crippen LogP contribution in [0.1, 0.15) is 35.2 Å². The van der Waals surface area contributed by atoms with Crippen LogP contribution in [0.5, 0.6) is 0 Å². The number of piperidine rings is 1. The van der Waals surface area contributed by atoms with Crippen molar-refractivity contribution in [3.63, 3.8) is 0 Å². The maximum atomic E-state index is 12.4. The number of carbonyl (C=O) groups excluding carboxylic acids is 2. The zero-order valence-corrected chi connectivity index (χ0v) is 12.8. The number of likely N-dealkylation sites (tertiary alicyclic amines) is 1. The summed E-state index contributed by atoms with van der Waals surface area (Å²) in [5.41, 5.74) is 6.46. The molecule has 1 fully saturated rings. The molecule has 1 aliphatic rings. The van der Waals surface area contributed by atoms with Crippen LogP contribution < -0.4 is 11.1 Å². The molecule has 1 saturated heterocycles. The second kappa shape index (κ2) is 7.62. The fourth-order valence-corrected chi connectivity index (χ4v) is 2.72. The van der Waals surface area contributed by atoms with Gasteiger partial charge in [-0.25, -0.2) is 4.79 Å². The van der Waals surface area contributed by atoms with Crippen molar-refractivity contribution in [3.05, 3.63) is 35.4 Å². The number of carbonyl (C=O) groups is 3. The first-order valence-corrected chi connectivity index (χ1v) is 7.59. The molecule has 0 unspecified atom stereocenters. The van der Waals surface area contributed by atoms with Crippen LogP contribution in [0.15, 0.2) is 24.3 Å². The minimum absolute atomic E-state index is 0.0480. The molecule has 0 atom stereocenters. The van der Waals surface area contributed by atoms with Gasteiger partial charge in [0.05, 0.1) is 0 Å². The Balaban J connectivity index is 1.88. The standard InChI is InChI=1S/C16H21N3O4/c17-16(23)18-10-12-1-3-13(4-2-12)15(22)19-7-5-11(6-8-19)9-14(20)21/h1-4,11H,5-10H2,(H,20,21)(H3,17,18,23). The molecule has 4 N–H and O–H groups in total. The lowest BCUT2D eigenvalue weighted by atomic mass is 9.93. The van der Waals surface area contributed by atoms with Gasteiger partial charge in [-0.2, -0.15) is 0 Å². The van der Waals surface area contributed by atoms with Gasteiger partial charge in [-0.3, -0.25) is 9.59 Å². The Kier molecular flexibility index (Phi) is 5.56. The van der Waals surface area contributed by atoms with Crippen LogP contribution in [0.25, 0.3) is 0 Å². The molecule has 0 aliphatic carbocycles. The molecule has 3 amide bonds. The van der Waals surface area contributed by atoms with E-state index in [2.05, 4.69) is 5.32 Å². The van der Waals surface area contributed by atoms with Gasteiger partial charge < -0.3 is 21.1 Å². The van der Waals surface area contributed by atoms with Crippen LogP contribution in [0.2, 0.25) is 0 Å². The number of nitrogens with zero attached hydrogens (tertiary/aromatic N) is 1. The van der Waals surface area contributed by atoms with E-state index in [0.717, 1.165) is 18.4 Å². The van der Waals surface area contributed by atoms with Crippen molar-refractivity contribution in [2.75, 3.05) is 13.1 Å². The van der Waals surface area contributed by atoms with Gasteiger partial charge in [-0.15, -0.1) is 0 Å². The molecule has 7 nitrogen and oxygen atoms in total. The molecule has 2 rings (SSSR count). The molecule has 0 spiro atoms. The highest BCUT2D eigenvalue weighted by atomic mass is 16.4. The van der Waals surface area contributed by atoms with Gasteiger partial charge in [0.2, 0.25) is 0 Å². The minimum atomic E-state index is -0.782. The monoisotopic (exact) mass is 319 g/mol. The Hall–Kier alpha value is -2.57. The van der Waals surface area contributed by atoms with Gasteiger partial charge in [0.1, 0.15) is 0 Å². The highest BCUT2D eigenvalue weighted by molar-refractivity contribution is 5.94. The average Bonchev–Trinajstić information content (AvgIpc) is 2.53. The lowest BCUT2D eigenvalue weighted by Gasteiger charge is -2.31. The number of hydrogen-bond donors (Lipinski definition) is 3. The van der Waals surface area contributed by atoms with Gasteiger partial charge in [0.15, 0.2) is 0 Å². The van der Waals surface area contributed by atoms with Gasteiger partial charge >= 0.3 is 12.0 Å². The predicted molar refractivity (Wildman–Crippen MR) is 83.7 cm³/mol. The molecule has 1 heterocycles. The van der Waals surface area contributed by atoms with Crippen LogP contribution >= 0.6 is 0 Å². The van der Waals surface area contributed by atoms with E-state index in [1.165, 1.54) is 0 Å². The molecular formula is C16H21N3O4. The van der Waals surface area contributed by atoms with E-state index >= 15 is 0 Å². The molecule has 7 heteroatoms. The molecule has 0 saturated carbocycles. The zero-order chi connectivity index (χ0) is 16.8. The quantitative estimate of drug-likeness (QED) is 0.756. The Morgan fingerprint density at radius 3 is 2.30 bits per heavy atom. The largest absolute Gasteiger partial charge is 0.481 e. The van der Waals surface area contributed by atoms with E-state index in [4.69, 9.17) is 10.8 Å². The lowest BCUT2D eigenvalue weighted by molar-refractivity contribution is -0.138. The molecule has 0 radical (unpaired) electrons. The SMILES string of the molecule is NC(=O)NCc1ccc(C(=O)N2CCC(CC(=O)O)CC2)cc1. The summed E-state index contributed by atoms with van der Waals surface area (Å²) in [7, 11) is 0. The van der Waals surface area contributed by atoms with Crippen molar-refractivity contribution in [1.29, 1.82) is 0 Å². The molecule has 0 aromatic heterocycles. The van der Waals surface area contributed by atoms with Crippen molar-refractivity contribution >= 4 is 17.9 Å². The topological polar surface area (TPSA) is 113 Å². The molecule has 1 aromatic carbocycles. The third-order valence-corrected chi connectivity index (χ3v) is 4.03. The van der Waals surface area contributed by atoms with Gasteiger partial charge in [0.25, 0.3) is 5.91 Å². The Bertz CT molecular complexity index is 577. The van der Waals surface area contributed by atoms with E-state index in [1.807, 2.05) is 0 Å². The van der Waals surface area contributed by atoms with Crippen molar-refractivity contribution in [2.24, 2.45) is 11.7 Å². The first-order valence-electron chi connectivity index (χ1n) is 7.59. The van der Waals surface area contributed by atoms with E-state index in [1.54, 1.807) is 29.2 Å². The van der Waals surface area contributed by atoms with Gasteiger partial charge in [-0.1, -0.05) is 12.1 Å². The highest BCUT2D eigenvalue weighted by Crippen LogP contribution is 2.22. The van der Waals surface area contributed by atoms with Crippen molar-refractivity contribution in [2.45, 2.75) is 25.8 Å². The van der Waals surface area contributed by atoms with Crippen molar-refractivity contribution in [1.82, 2.24) is 10.2 Å². The molecular weight excluding hydrogens is 298 g/mol. The van der Waals surface area contributed by atoms with Crippen molar-refractivity contribution < 1.29 is 19.5 Å². The summed E-state index contributed by atoms with van der Waals surface area (Å²) in [5.74, 6) is -0.679. The fourth-order valence-electron chi connectivity index (χ4n) is 2.72. The normalized spacial score (nSPS) is 15.2. The number of hydrogen-bond acceptors (Lipinski definition) is 3. The number of aliphatic carboxylic acids is 1. The summed E-state index contributed by atoms with van der Waals surface area (Å²) in [5, 5.41) is 11.3. The average molecular weight is 319 g/mol. The smallest absolute Gasteiger partial charge is 0.312 e. The summed E-state index contributed by atoms with van der Waals surface area (Å²) in [6.07, 6.45) is 1.61. The summed E-state index contributed by atoms with van der Waals surface area (Å²) in [6, 6.07) is 6.42. The van der Waals surface area contributed by atoms with Crippen LogP contribution in [0.3, 0.4) is 0 Å². The van der Waals surface area contributed by atoms with E-state index in [-0.39, 0.29) is 18.2 Å². The van der Waals surface area contributed by atoms with Crippen LogP contribution in [0, 0.1) is 5.92 Å². The van der Waals surface area contributed by atoms with E-state index in [9.17, 15) is 14.4 Å². The maximum Gasteiger partial charge on any atom is 0.312 e. The molecule has 1 aliphatic heterocycles. The third-order valence-electron chi connectivity index (χ3n) is 4.03.